The van der Waals surface area contributed by atoms with Crippen LogP contribution >= 0.6 is 0 Å². The third-order valence-electron chi connectivity index (χ3n) is 3.85. The normalized spacial score (nSPS) is 11.3. The van der Waals surface area contributed by atoms with Crippen LogP contribution in [0.3, 0.4) is 0 Å². The molecule has 0 aliphatic heterocycles. The number of hydrogen-bond acceptors (Lipinski definition) is 9. The van der Waals surface area contributed by atoms with Crippen LogP contribution in [0.2, 0.25) is 0 Å². The Morgan fingerprint density at radius 2 is 2.03 bits per heavy atom. The van der Waals surface area contributed by atoms with E-state index in [0.717, 1.165) is 6.07 Å². The van der Waals surface area contributed by atoms with E-state index in [9.17, 15) is 23.3 Å². The molecule has 30 heavy (non-hydrogen) atoms. The van der Waals surface area contributed by atoms with Crippen LogP contribution in [-0.2, 0) is 21.2 Å². The van der Waals surface area contributed by atoms with E-state index in [4.69, 9.17) is 8.94 Å². The second-order valence-electron chi connectivity index (χ2n) is 5.99. The number of nitro groups is 1. The van der Waals surface area contributed by atoms with Gasteiger partial charge in [-0.2, -0.15) is 4.98 Å². The number of nitrogens with zero attached hydrogens (tertiary/aromatic N) is 3. The fourth-order valence-electron chi connectivity index (χ4n) is 2.41. The van der Waals surface area contributed by atoms with Gasteiger partial charge in [0.15, 0.2) is 5.76 Å². The summed E-state index contributed by atoms with van der Waals surface area (Å²) in [6.45, 7) is -0.0472. The van der Waals surface area contributed by atoms with Crippen LogP contribution in [0.25, 0.3) is 11.6 Å². The van der Waals surface area contributed by atoms with Gasteiger partial charge in [-0.25, -0.2) is 13.1 Å². The van der Waals surface area contributed by atoms with Crippen molar-refractivity contribution >= 4 is 21.6 Å². The highest BCUT2D eigenvalue weighted by atomic mass is 32.2. The van der Waals surface area contributed by atoms with Gasteiger partial charge in [0, 0.05) is 38.1 Å². The van der Waals surface area contributed by atoms with Gasteiger partial charge in [-0.3, -0.25) is 14.9 Å². The van der Waals surface area contributed by atoms with Crippen molar-refractivity contribution in [3.05, 3.63) is 58.7 Å². The molecule has 3 aromatic rings. The first-order chi connectivity index (χ1) is 14.3. The molecule has 12 nitrogen and oxygen atoms in total. The van der Waals surface area contributed by atoms with Crippen molar-refractivity contribution in [2.45, 2.75) is 17.7 Å². The predicted molar refractivity (Wildman–Crippen MR) is 102 cm³/mol. The molecule has 0 spiro atoms. The number of non-ortho nitro benzene ring substituents is 1. The maximum Gasteiger partial charge on any atom is 0.270 e. The van der Waals surface area contributed by atoms with E-state index < -0.39 is 14.9 Å². The van der Waals surface area contributed by atoms with Gasteiger partial charge in [-0.1, -0.05) is 11.2 Å². The summed E-state index contributed by atoms with van der Waals surface area (Å²) < 4.78 is 36.8. The minimum absolute atomic E-state index is 0.0362. The van der Waals surface area contributed by atoms with E-state index in [1.165, 1.54) is 24.5 Å². The molecule has 0 aliphatic carbocycles. The number of aryl methyl sites for hydroxylation is 1. The number of hydrogen-bond donors (Lipinski definition) is 2. The zero-order valence-electron chi connectivity index (χ0n) is 15.5. The molecule has 1 amide bonds. The number of nitro benzene ring substituents is 1. The molecule has 3 rings (SSSR count). The van der Waals surface area contributed by atoms with Crippen molar-refractivity contribution in [3.63, 3.8) is 0 Å². The summed E-state index contributed by atoms with van der Waals surface area (Å²) in [6.07, 6.45) is 1.75. The van der Waals surface area contributed by atoms with Gasteiger partial charge < -0.3 is 14.3 Å². The van der Waals surface area contributed by atoms with Crippen LogP contribution < -0.4 is 10.0 Å². The summed E-state index contributed by atoms with van der Waals surface area (Å²) in [5, 5.41) is 17.1. The molecule has 1 aromatic carbocycles. The molecular formula is C17H17N5O7S. The van der Waals surface area contributed by atoms with Gasteiger partial charge in [0.1, 0.15) is 0 Å². The first kappa shape index (κ1) is 21.1. The molecule has 0 saturated heterocycles. The van der Waals surface area contributed by atoms with Crippen LogP contribution in [0.4, 0.5) is 5.69 Å². The largest absolute Gasteiger partial charge is 0.461 e. The van der Waals surface area contributed by atoms with Gasteiger partial charge in [0.2, 0.25) is 27.6 Å². The summed E-state index contributed by atoms with van der Waals surface area (Å²) in [7, 11) is -3.94. The van der Waals surface area contributed by atoms with Gasteiger partial charge in [0.25, 0.3) is 5.69 Å². The van der Waals surface area contributed by atoms with E-state index in [-0.39, 0.29) is 54.1 Å². The fourth-order valence-corrected chi connectivity index (χ4v) is 3.48. The minimum atomic E-state index is -3.94. The van der Waals surface area contributed by atoms with Crippen molar-refractivity contribution in [1.82, 2.24) is 20.2 Å². The first-order valence-corrected chi connectivity index (χ1v) is 10.2. The van der Waals surface area contributed by atoms with Crippen molar-refractivity contribution in [2.24, 2.45) is 0 Å². The second kappa shape index (κ2) is 9.28. The molecule has 0 unspecified atom stereocenters. The van der Waals surface area contributed by atoms with Crippen LogP contribution in [0.5, 0.6) is 0 Å². The Morgan fingerprint density at radius 3 is 2.77 bits per heavy atom. The lowest BCUT2D eigenvalue weighted by molar-refractivity contribution is -0.385. The molecule has 0 radical (unpaired) electrons. The van der Waals surface area contributed by atoms with E-state index in [0.29, 0.717) is 5.76 Å². The molecule has 0 atom stereocenters. The third-order valence-corrected chi connectivity index (χ3v) is 5.31. The van der Waals surface area contributed by atoms with Crippen LogP contribution in [0, 0.1) is 10.1 Å². The van der Waals surface area contributed by atoms with Crippen molar-refractivity contribution < 1.29 is 27.1 Å². The van der Waals surface area contributed by atoms with Gasteiger partial charge >= 0.3 is 0 Å². The fraction of sp³-hybridized carbons (Fsp3) is 0.235. The second-order valence-corrected chi connectivity index (χ2v) is 7.76. The molecule has 0 fully saturated rings. The molecule has 0 bridgehead atoms. The minimum Gasteiger partial charge on any atom is -0.461 e. The van der Waals surface area contributed by atoms with E-state index >= 15 is 0 Å². The Labute approximate surface area is 170 Å². The smallest absolute Gasteiger partial charge is 0.270 e. The third kappa shape index (κ3) is 5.48. The van der Waals surface area contributed by atoms with Crippen molar-refractivity contribution in [1.29, 1.82) is 0 Å². The molecule has 0 saturated carbocycles. The Hall–Kier alpha value is -3.58. The number of carbonyl (C=O) groups is 1. The molecule has 158 valence electrons. The average molecular weight is 435 g/mol. The number of furan rings is 1. The Bertz CT molecular complexity index is 1130. The lowest BCUT2D eigenvalue weighted by Crippen LogP contribution is -2.34. The van der Waals surface area contributed by atoms with Crippen molar-refractivity contribution in [2.75, 3.05) is 13.1 Å². The first-order valence-electron chi connectivity index (χ1n) is 8.72. The standard InChI is InChI=1S/C17H17N5O7S/c23-15(6-7-16-20-17(21-29-16)14-5-2-10-28-14)18-8-9-19-30(26,27)13-4-1-3-12(11-13)22(24)25/h1-5,10-11,19H,6-9H2,(H,18,23). The summed E-state index contributed by atoms with van der Waals surface area (Å²) in [6, 6.07) is 8.04. The lowest BCUT2D eigenvalue weighted by Gasteiger charge is -2.07. The molecule has 2 aromatic heterocycles. The molecule has 2 N–H and O–H groups in total. The van der Waals surface area contributed by atoms with E-state index in [1.807, 2.05) is 0 Å². The number of sulfonamides is 1. The summed E-state index contributed by atoms with van der Waals surface area (Å²) >= 11 is 0. The summed E-state index contributed by atoms with van der Waals surface area (Å²) in [4.78, 5) is 25.9. The number of benzene rings is 1. The number of nitrogens with one attached hydrogen (secondary N) is 2. The SMILES string of the molecule is O=C(CCc1nc(-c2ccco2)no1)NCCNS(=O)(=O)c1cccc([N+](=O)[O-])c1. The summed E-state index contributed by atoms with van der Waals surface area (Å²) in [5.41, 5.74) is -0.331. The zero-order chi connectivity index (χ0) is 21.6. The Balaban J connectivity index is 1.41. The lowest BCUT2D eigenvalue weighted by atomic mass is 10.3. The molecule has 2 heterocycles. The highest BCUT2D eigenvalue weighted by Crippen LogP contribution is 2.17. The predicted octanol–water partition coefficient (Wildman–Crippen LogP) is 1.27. The van der Waals surface area contributed by atoms with Crippen LogP contribution in [0.1, 0.15) is 12.3 Å². The van der Waals surface area contributed by atoms with Crippen molar-refractivity contribution in [3.8, 4) is 11.6 Å². The van der Waals surface area contributed by atoms with Crippen LogP contribution in [-0.4, -0.2) is 42.5 Å². The highest BCUT2D eigenvalue weighted by Gasteiger charge is 2.17. The molecular weight excluding hydrogens is 418 g/mol. The van der Waals surface area contributed by atoms with E-state index in [2.05, 4.69) is 20.2 Å². The average Bonchev–Trinajstić information content (AvgIpc) is 3.41. The number of rotatable bonds is 10. The Morgan fingerprint density at radius 1 is 1.20 bits per heavy atom. The van der Waals surface area contributed by atoms with E-state index in [1.54, 1.807) is 12.1 Å². The highest BCUT2D eigenvalue weighted by molar-refractivity contribution is 7.89. The van der Waals surface area contributed by atoms with Gasteiger partial charge in [0.05, 0.1) is 16.1 Å². The molecule has 13 heteroatoms. The van der Waals surface area contributed by atoms with Gasteiger partial charge in [-0.05, 0) is 18.2 Å². The molecule has 0 aliphatic rings. The maximum atomic E-state index is 12.2. The zero-order valence-corrected chi connectivity index (χ0v) is 16.3. The topological polar surface area (TPSA) is 170 Å². The van der Waals surface area contributed by atoms with Crippen LogP contribution in [0.15, 0.2) is 56.5 Å². The number of carbonyl (C=O) groups excluding carboxylic acids is 1. The monoisotopic (exact) mass is 435 g/mol. The number of amides is 1. The maximum absolute atomic E-state index is 12.2. The number of aromatic nitrogens is 2. The quantitative estimate of drug-likeness (QED) is 0.270. The van der Waals surface area contributed by atoms with Gasteiger partial charge in [-0.15, -0.1) is 0 Å². The summed E-state index contributed by atoms with van der Waals surface area (Å²) in [5.74, 6) is 0.668. The Kier molecular flexibility index (Phi) is 6.54.